The standard InChI is InChI=1S/C13H17NO6/c1-3-4-7-19-13(15)9-20-12-8-10(14(16)17)5-6-11(12)18-2/h5-6,8H,3-4,7,9H2,1-2H3. The first kappa shape index (κ1) is 15.7. The molecule has 7 nitrogen and oxygen atoms in total. The summed E-state index contributed by atoms with van der Waals surface area (Å²) in [6.45, 7) is 2.00. The maximum Gasteiger partial charge on any atom is 0.344 e. The molecular weight excluding hydrogens is 266 g/mol. The zero-order chi connectivity index (χ0) is 15.0. The van der Waals surface area contributed by atoms with Gasteiger partial charge in [-0.25, -0.2) is 4.79 Å². The third kappa shape index (κ3) is 4.75. The predicted octanol–water partition coefficient (Wildman–Crippen LogP) is 2.33. The van der Waals surface area contributed by atoms with Gasteiger partial charge in [-0.1, -0.05) is 13.3 Å². The number of esters is 1. The molecular formula is C13H17NO6. The third-order valence-corrected chi connectivity index (χ3v) is 2.46. The van der Waals surface area contributed by atoms with Crippen LogP contribution in [0.2, 0.25) is 0 Å². The van der Waals surface area contributed by atoms with Crippen LogP contribution in [0.25, 0.3) is 0 Å². The lowest BCUT2D eigenvalue weighted by Crippen LogP contribution is -2.15. The minimum atomic E-state index is -0.550. The van der Waals surface area contributed by atoms with Gasteiger partial charge in [0.15, 0.2) is 18.1 Å². The number of benzene rings is 1. The topological polar surface area (TPSA) is 87.9 Å². The quantitative estimate of drug-likeness (QED) is 0.315. The van der Waals surface area contributed by atoms with Gasteiger partial charge >= 0.3 is 5.97 Å². The molecule has 0 aromatic heterocycles. The van der Waals surface area contributed by atoms with E-state index in [2.05, 4.69) is 0 Å². The fourth-order valence-corrected chi connectivity index (χ4v) is 1.40. The maximum absolute atomic E-state index is 11.4. The summed E-state index contributed by atoms with van der Waals surface area (Å²) in [4.78, 5) is 21.5. The van der Waals surface area contributed by atoms with Crippen molar-refractivity contribution in [3.63, 3.8) is 0 Å². The van der Waals surface area contributed by atoms with Gasteiger partial charge in [-0.3, -0.25) is 10.1 Å². The number of nitro groups is 1. The molecule has 0 aliphatic heterocycles. The smallest absolute Gasteiger partial charge is 0.344 e. The van der Waals surface area contributed by atoms with E-state index in [1.54, 1.807) is 0 Å². The molecule has 0 atom stereocenters. The van der Waals surface area contributed by atoms with Crippen LogP contribution in [0.5, 0.6) is 11.5 Å². The number of carbonyl (C=O) groups is 1. The molecule has 110 valence electrons. The van der Waals surface area contributed by atoms with Crippen LogP contribution in [0.15, 0.2) is 18.2 Å². The van der Waals surface area contributed by atoms with Crippen molar-refractivity contribution >= 4 is 11.7 Å². The molecule has 0 amide bonds. The van der Waals surface area contributed by atoms with Crippen molar-refractivity contribution in [1.29, 1.82) is 0 Å². The summed E-state index contributed by atoms with van der Waals surface area (Å²) in [7, 11) is 1.41. The van der Waals surface area contributed by atoms with E-state index in [9.17, 15) is 14.9 Å². The summed E-state index contributed by atoms with van der Waals surface area (Å²) in [6, 6.07) is 3.92. The molecule has 0 N–H and O–H groups in total. The Hall–Kier alpha value is -2.31. The molecule has 0 aliphatic rings. The lowest BCUT2D eigenvalue weighted by atomic mass is 10.3. The van der Waals surface area contributed by atoms with Crippen molar-refractivity contribution in [1.82, 2.24) is 0 Å². The number of rotatable bonds is 8. The zero-order valence-electron chi connectivity index (χ0n) is 11.5. The minimum absolute atomic E-state index is 0.133. The van der Waals surface area contributed by atoms with E-state index in [1.807, 2.05) is 6.92 Å². The van der Waals surface area contributed by atoms with Crippen LogP contribution in [0.4, 0.5) is 5.69 Å². The molecule has 1 rings (SSSR count). The second-order valence-corrected chi connectivity index (χ2v) is 3.95. The summed E-state index contributed by atoms with van der Waals surface area (Å²) in [6.07, 6.45) is 1.71. The van der Waals surface area contributed by atoms with E-state index >= 15 is 0 Å². The summed E-state index contributed by atoms with van der Waals surface area (Å²) < 4.78 is 15.1. The Kier molecular flexibility index (Phi) is 6.28. The Morgan fingerprint density at radius 3 is 2.70 bits per heavy atom. The van der Waals surface area contributed by atoms with E-state index in [0.717, 1.165) is 12.8 Å². The highest BCUT2D eigenvalue weighted by Gasteiger charge is 2.14. The predicted molar refractivity (Wildman–Crippen MR) is 71.0 cm³/mol. The van der Waals surface area contributed by atoms with Crippen LogP contribution in [0, 0.1) is 10.1 Å². The molecule has 0 unspecified atom stereocenters. The Morgan fingerprint density at radius 2 is 2.10 bits per heavy atom. The van der Waals surface area contributed by atoms with Crippen molar-refractivity contribution < 1.29 is 23.9 Å². The molecule has 0 saturated carbocycles. The van der Waals surface area contributed by atoms with Crippen molar-refractivity contribution in [2.45, 2.75) is 19.8 Å². The van der Waals surface area contributed by atoms with Crippen molar-refractivity contribution in [3.8, 4) is 11.5 Å². The van der Waals surface area contributed by atoms with Gasteiger partial charge in [0.1, 0.15) is 0 Å². The number of non-ortho nitro benzene ring substituents is 1. The largest absolute Gasteiger partial charge is 0.493 e. The normalized spacial score (nSPS) is 9.90. The minimum Gasteiger partial charge on any atom is -0.493 e. The second-order valence-electron chi connectivity index (χ2n) is 3.95. The fourth-order valence-electron chi connectivity index (χ4n) is 1.40. The molecule has 0 saturated heterocycles. The molecule has 0 bridgehead atoms. The SMILES string of the molecule is CCCCOC(=O)COc1cc([N+](=O)[O-])ccc1OC. The summed E-state index contributed by atoms with van der Waals surface area (Å²) >= 11 is 0. The van der Waals surface area contributed by atoms with E-state index in [4.69, 9.17) is 14.2 Å². The average Bonchev–Trinajstić information content (AvgIpc) is 2.45. The lowest BCUT2D eigenvalue weighted by Gasteiger charge is -2.10. The summed E-state index contributed by atoms with van der Waals surface area (Å²) in [5.41, 5.74) is -0.139. The van der Waals surface area contributed by atoms with Crippen LogP contribution in [-0.4, -0.2) is 31.2 Å². The Morgan fingerprint density at radius 1 is 1.35 bits per heavy atom. The molecule has 20 heavy (non-hydrogen) atoms. The van der Waals surface area contributed by atoms with E-state index in [0.29, 0.717) is 12.4 Å². The van der Waals surface area contributed by atoms with Gasteiger partial charge in [0.05, 0.1) is 24.7 Å². The van der Waals surface area contributed by atoms with Gasteiger partial charge in [0.25, 0.3) is 5.69 Å². The lowest BCUT2D eigenvalue weighted by molar-refractivity contribution is -0.385. The molecule has 1 aromatic rings. The number of ether oxygens (including phenoxy) is 3. The number of carbonyl (C=O) groups excluding carboxylic acids is 1. The van der Waals surface area contributed by atoms with Crippen LogP contribution >= 0.6 is 0 Å². The maximum atomic E-state index is 11.4. The first-order chi connectivity index (χ1) is 9.58. The van der Waals surface area contributed by atoms with Crippen molar-refractivity contribution in [3.05, 3.63) is 28.3 Å². The van der Waals surface area contributed by atoms with Gasteiger partial charge in [-0.15, -0.1) is 0 Å². The highest BCUT2D eigenvalue weighted by Crippen LogP contribution is 2.31. The summed E-state index contributed by atoms with van der Waals surface area (Å²) in [5, 5.41) is 10.7. The van der Waals surface area contributed by atoms with Crippen LogP contribution in [0.1, 0.15) is 19.8 Å². The first-order valence-electron chi connectivity index (χ1n) is 6.19. The average molecular weight is 283 g/mol. The molecule has 7 heteroatoms. The highest BCUT2D eigenvalue weighted by molar-refractivity contribution is 5.71. The van der Waals surface area contributed by atoms with Gasteiger partial charge in [0.2, 0.25) is 0 Å². The van der Waals surface area contributed by atoms with Gasteiger partial charge in [-0.2, -0.15) is 0 Å². The monoisotopic (exact) mass is 283 g/mol. The number of hydrogen-bond donors (Lipinski definition) is 0. The molecule has 0 spiro atoms. The molecule has 0 fully saturated rings. The van der Waals surface area contributed by atoms with E-state index in [-0.39, 0.29) is 18.0 Å². The highest BCUT2D eigenvalue weighted by atomic mass is 16.6. The molecule has 0 radical (unpaired) electrons. The van der Waals surface area contributed by atoms with Gasteiger partial charge < -0.3 is 14.2 Å². The number of nitro benzene ring substituents is 1. The number of methoxy groups -OCH3 is 1. The zero-order valence-corrected chi connectivity index (χ0v) is 11.5. The van der Waals surface area contributed by atoms with Crippen molar-refractivity contribution in [2.75, 3.05) is 20.3 Å². The van der Waals surface area contributed by atoms with Crippen LogP contribution < -0.4 is 9.47 Å². The van der Waals surface area contributed by atoms with Crippen molar-refractivity contribution in [2.24, 2.45) is 0 Å². The Bertz CT molecular complexity index is 474. The number of unbranched alkanes of at least 4 members (excludes halogenated alkanes) is 1. The van der Waals surface area contributed by atoms with Gasteiger partial charge in [0, 0.05) is 6.07 Å². The van der Waals surface area contributed by atoms with Crippen LogP contribution in [0.3, 0.4) is 0 Å². The number of nitrogens with zero attached hydrogens (tertiary/aromatic N) is 1. The van der Waals surface area contributed by atoms with Crippen LogP contribution in [-0.2, 0) is 9.53 Å². The molecule has 0 heterocycles. The summed E-state index contributed by atoms with van der Waals surface area (Å²) in [5.74, 6) is -0.0712. The molecule has 1 aromatic carbocycles. The first-order valence-corrected chi connectivity index (χ1v) is 6.19. The fraction of sp³-hybridized carbons (Fsp3) is 0.462. The Labute approximate surface area is 116 Å². The van der Waals surface area contributed by atoms with Gasteiger partial charge in [-0.05, 0) is 12.5 Å². The molecule has 0 aliphatic carbocycles. The number of hydrogen-bond acceptors (Lipinski definition) is 6. The van der Waals surface area contributed by atoms with E-state index in [1.165, 1.54) is 25.3 Å². The Balaban J connectivity index is 2.63. The van der Waals surface area contributed by atoms with E-state index < -0.39 is 10.9 Å². The second kappa shape index (κ2) is 7.98. The third-order valence-electron chi connectivity index (χ3n) is 2.46.